The summed E-state index contributed by atoms with van der Waals surface area (Å²) in [5.41, 5.74) is 0.283. The van der Waals surface area contributed by atoms with Crippen LogP contribution in [0.25, 0.3) is 0 Å². The molecule has 18 atom stereocenters. The fourth-order valence-electron chi connectivity index (χ4n) is 20.7. The lowest BCUT2D eigenvalue weighted by atomic mass is 9.33. The molecule has 0 aromatic rings. The fraction of sp³-hybridized carbons (Fsp3) is 0.867. The molecule has 8 nitrogen and oxygen atoms in total. The van der Waals surface area contributed by atoms with Gasteiger partial charge in [-0.3, -0.25) is 19.2 Å². The van der Waals surface area contributed by atoms with Crippen LogP contribution in [0.4, 0.5) is 0 Å². The number of carboxylic acids is 2. The number of aliphatic hydroxyl groups excluding tert-OH is 2. The van der Waals surface area contributed by atoms with E-state index >= 15 is 0 Å². The summed E-state index contributed by atoms with van der Waals surface area (Å²) in [6.45, 7) is 31.7. The third kappa shape index (κ3) is 6.40. The van der Waals surface area contributed by atoms with Crippen LogP contribution in [0.15, 0.2) is 23.3 Å². The molecule has 0 aromatic carbocycles. The summed E-state index contributed by atoms with van der Waals surface area (Å²) in [5, 5.41) is 41.8. The van der Waals surface area contributed by atoms with Gasteiger partial charge in [-0.1, -0.05) is 94.2 Å². The summed E-state index contributed by atoms with van der Waals surface area (Å²) in [7, 11) is 0. The Balaban J connectivity index is 0.000000170. The molecule has 0 bridgehead atoms. The first-order chi connectivity index (χ1) is 31.1. The molecule has 10 rings (SSSR count). The summed E-state index contributed by atoms with van der Waals surface area (Å²) in [6.07, 6.45) is 19.9. The molecule has 0 amide bonds. The highest BCUT2D eigenvalue weighted by atomic mass is 16.4. The molecular formula is C60H92O8. The average Bonchev–Trinajstić information content (AvgIpc) is 3.24. The molecule has 68 heavy (non-hydrogen) atoms. The molecule has 0 radical (unpaired) electrons. The third-order valence-electron chi connectivity index (χ3n) is 26.1. The van der Waals surface area contributed by atoms with E-state index in [2.05, 4.69) is 83.1 Å². The summed E-state index contributed by atoms with van der Waals surface area (Å²) in [5.74, 6) is 0.121. The molecule has 0 saturated heterocycles. The van der Waals surface area contributed by atoms with E-state index in [0.717, 1.165) is 103 Å². The van der Waals surface area contributed by atoms with Gasteiger partial charge in [0.1, 0.15) is 0 Å². The van der Waals surface area contributed by atoms with Gasteiger partial charge in [0.05, 0.1) is 23.0 Å². The standard InChI is InChI=1S/2C30H46O4/c2*1-25(2)21-8-11-30(7)23(28(21,5)10-9-22(25)32)20(31)16-18-19-17-27(4,24(33)34)13-12-26(19,3)14-15-29(18,30)6/h2*16,19,21-23,32H,8-15,17H2,1-7H3,(H,33,34)/t19-,21+,22+,23-,26-,27+,28+,29-,30-;19-,21-,22-,23+,26+,27-,28-,29+,30+/m10/s1. The van der Waals surface area contributed by atoms with Crippen molar-refractivity contribution in [2.24, 2.45) is 100 Å². The molecule has 0 unspecified atom stereocenters. The summed E-state index contributed by atoms with van der Waals surface area (Å²) in [6, 6.07) is 0. The minimum absolute atomic E-state index is 0.0296. The number of hydrogen-bond donors (Lipinski definition) is 4. The van der Waals surface area contributed by atoms with Crippen molar-refractivity contribution >= 4 is 23.5 Å². The predicted molar refractivity (Wildman–Crippen MR) is 266 cm³/mol. The van der Waals surface area contributed by atoms with Crippen LogP contribution < -0.4 is 0 Å². The summed E-state index contributed by atoms with van der Waals surface area (Å²) < 4.78 is 0. The quantitative estimate of drug-likeness (QED) is 0.214. The maximum atomic E-state index is 14.2. The lowest BCUT2D eigenvalue weighted by Crippen LogP contribution is -2.66. The van der Waals surface area contributed by atoms with Crippen LogP contribution >= 0.6 is 0 Å². The second kappa shape index (κ2) is 15.1. The molecule has 8 saturated carbocycles. The van der Waals surface area contributed by atoms with E-state index in [1.54, 1.807) is 0 Å². The maximum Gasteiger partial charge on any atom is 0.309 e. The normalized spacial score (nSPS) is 54.1. The molecular weight excluding hydrogens is 849 g/mol. The minimum atomic E-state index is -0.711. The van der Waals surface area contributed by atoms with E-state index in [0.29, 0.717) is 24.7 Å². The maximum absolute atomic E-state index is 14.2. The van der Waals surface area contributed by atoms with Gasteiger partial charge in [0, 0.05) is 11.8 Å². The van der Waals surface area contributed by atoms with Crippen molar-refractivity contribution in [1.82, 2.24) is 0 Å². The number of carbonyl (C=O) groups is 4. The number of allylic oxidation sites excluding steroid dienone is 4. The van der Waals surface area contributed by atoms with Gasteiger partial charge in [-0.05, 0) is 219 Å². The fourth-order valence-corrected chi connectivity index (χ4v) is 20.7. The highest BCUT2D eigenvalue weighted by Gasteiger charge is 2.72. The molecule has 0 spiro atoms. The Labute approximate surface area is 410 Å². The Hall–Kier alpha value is -2.32. The van der Waals surface area contributed by atoms with Crippen LogP contribution in [-0.4, -0.2) is 56.1 Å². The Morgan fingerprint density at radius 2 is 0.779 bits per heavy atom. The van der Waals surface area contributed by atoms with Gasteiger partial charge < -0.3 is 20.4 Å². The molecule has 10 aliphatic carbocycles. The lowest BCUT2D eigenvalue weighted by Gasteiger charge is -2.70. The molecule has 8 fully saturated rings. The van der Waals surface area contributed by atoms with E-state index in [9.17, 15) is 39.6 Å². The van der Waals surface area contributed by atoms with Gasteiger partial charge in [-0.2, -0.15) is 0 Å². The number of aliphatic carboxylic acids is 2. The zero-order valence-corrected chi connectivity index (χ0v) is 44.9. The molecule has 0 aromatic heterocycles. The predicted octanol–water partition coefficient (Wildman–Crippen LogP) is 12.8. The van der Waals surface area contributed by atoms with Crippen LogP contribution in [0.3, 0.4) is 0 Å². The summed E-state index contributed by atoms with van der Waals surface area (Å²) in [4.78, 5) is 52.9. The highest BCUT2D eigenvalue weighted by molar-refractivity contribution is 5.96. The number of hydrogen-bond acceptors (Lipinski definition) is 6. The molecule has 0 heterocycles. The SMILES string of the molecule is CC1(C)[C@@H](O)CC[C@]2(C)[C@H]3C(=O)C=C4[C@@H]5C[C@@](C)(C(=O)O)CC[C@]5(C)CC[C@@]4(C)[C@]3(C)CC[C@@H]12.CC1(C)[C@@H](O)CC[C@]2(C)[C@H]3C(=O)C=C4[C@H]5C[C@@](C)(C(=O)O)CC[C@]5(C)CC[C@@]4(C)[C@]3(C)CC[C@@H]12. The zero-order valence-electron chi connectivity index (χ0n) is 44.9. The van der Waals surface area contributed by atoms with Gasteiger partial charge in [-0.15, -0.1) is 0 Å². The van der Waals surface area contributed by atoms with Gasteiger partial charge in [0.25, 0.3) is 0 Å². The lowest BCUT2D eigenvalue weighted by molar-refractivity contribution is -0.202. The number of carbonyl (C=O) groups excluding carboxylic acids is 2. The molecule has 4 N–H and O–H groups in total. The van der Waals surface area contributed by atoms with Crippen LogP contribution in [-0.2, 0) is 19.2 Å². The van der Waals surface area contributed by atoms with Crippen molar-refractivity contribution in [2.75, 3.05) is 0 Å². The van der Waals surface area contributed by atoms with Crippen molar-refractivity contribution in [3.63, 3.8) is 0 Å². The van der Waals surface area contributed by atoms with Gasteiger partial charge in [0.2, 0.25) is 0 Å². The minimum Gasteiger partial charge on any atom is -0.481 e. The van der Waals surface area contributed by atoms with Crippen molar-refractivity contribution in [3.05, 3.63) is 23.3 Å². The van der Waals surface area contributed by atoms with Crippen molar-refractivity contribution in [3.8, 4) is 0 Å². The monoisotopic (exact) mass is 941 g/mol. The summed E-state index contributed by atoms with van der Waals surface area (Å²) >= 11 is 0. The number of aliphatic hydroxyl groups is 2. The third-order valence-corrected chi connectivity index (χ3v) is 26.1. The second-order valence-corrected chi connectivity index (χ2v) is 29.9. The number of carboxylic acid groups (broad SMARTS) is 2. The first-order valence-corrected chi connectivity index (χ1v) is 27.5. The van der Waals surface area contributed by atoms with E-state index in [1.807, 2.05) is 26.0 Å². The second-order valence-electron chi connectivity index (χ2n) is 29.9. The van der Waals surface area contributed by atoms with Crippen LogP contribution in [0.2, 0.25) is 0 Å². The Bertz CT molecular complexity index is 2080. The van der Waals surface area contributed by atoms with E-state index in [4.69, 9.17) is 0 Å². The van der Waals surface area contributed by atoms with Crippen molar-refractivity contribution in [2.45, 2.75) is 225 Å². The average molecular weight is 941 g/mol. The largest absolute Gasteiger partial charge is 0.481 e. The van der Waals surface area contributed by atoms with Gasteiger partial charge >= 0.3 is 11.9 Å². The Morgan fingerprint density at radius 1 is 0.456 bits per heavy atom. The topological polar surface area (TPSA) is 149 Å². The zero-order chi connectivity index (χ0) is 50.2. The molecule has 380 valence electrons. The van der Waals surface area contributed by atoms with E-state index in [-0.39, 0.29) is 102 Å². The number of ketones is 2. The number of rotatable bonds is 2. The van der Waals surface area contributed by atoms with Crippen LogP contribution in [0.1, 0.15) is 213 Å². The molecule has 10 aliphatic rings. The van der Waals surface area contributed by atoms with E-state index in [1.165, 1.54) is 11.1 Å². The van der Waals surface area contributed by atoms with Crippen LogP contribution in [0, 0.1) is 100 Å². The van der Waals surface area contributed by atoms with E-state index < -0.39 is 22.8 Å². The molecule has 8 heteroatoms. The number of fused-ring (bicyclic) bond motifs is 14. The van der Waals surface area contributed by atoms with Crippen LogP contribution in [0.5, 0.6) is 0 Å². The van der Waals surface area contributed by atoms with Gasteiger partial charge in [-0.25, -0.2) is 0 Å². The first-order valence-electron chi connectivity index (χ1n) is 27.5. The smallest absolute Gasteiger partial charge is 0.309 e. The highest BCUT2D eigenvalue weighted by Crippen LogP contribution is 2.77. The van der Waals surface area contributed by atoms with Crippen molar-refractivity contribution < 1.29 is 39.6 Å². The molecule has 0 aliphatic heterocycles. The first kappa shape index (κ1) is 50.6. The Morgan fingerprint density at radius 3 is 1.10 bits per heavy atom. The van der Waals surface area contributed by atoms with Gasteiger partial charge in [0.15, 0.2) is 11.6 Å². The van der Waals surface area contributed by atoms with Crippen molar-refractivity contribution in [1.29, 1.82) is 0 Å². The Kier molecular flexibility index (Phi) is 11.3.